The van der Waals surface area contributed by atoms with Gasteiger partial charge in [-0.2, -0.15) is 0 Å². The fraction of sp³-hybridized carbons (Fsp3) is 0.433. The van der Waals surface area contributed by atoms with Crippen molar-refractivity contribution in [3.05, 3.63) is 64.3 Å². The normalized spacial score (nSPS) is 19.9. The van der Waals surface area contributed by atoms with Gasteiger partial charge >= 0.3 is 0 Å². The van der Waals surface area contributed by atoms with E-state index in [1.54, 1.807) is 19.2 Å². The number of amides is 1. The molecule has 3 aromatic rings. The minimum Gasteiger partial charge on any atom is -0.437 e. The Morgan fingerprint density at radius 3 is 2.51 bits per heavy atom. The number of aromatic nitrogens is 2. The van der Waals surface area contributed by atoms with Crippen LogP contribution in [0.4, 0.5) is 5.82 Å². The lowest BCUT2D eigenvalue weighted by Crippen LogP contribution is -2.37. The molecule has 2 aliphatic heterocycles. The van der Waals surface area contributed by atoms with Gasteiger partial charge in [0.2, 0.25) is 11.8 Å². The molecule has 4 heterocycles. The summed E-state index contributed by atoms with van der Waals surface area (Å²) in [6.07, 6.45) is 3.28. The van der Waals surface area contributed by atoms with Crippen LogP contribution in [0.25, 0.3) is 11.3 Å². The highest BCUT2D eigenvalue weighted by Crippen LogP contribution is 2.31. The van der Waals surface area contributed by atoms with Gasteiger partial charge in [-0.15, -0.1) is 0 Å². The second kappa shape index (κ2) is 13.4. The lowest BCUT2D eigenvalue weighted by Gasteiger charge is -2.32. The number of carbonyl (C=O) groups excluding carboxylic acids is 1. The summed E-state index contributed by atoms with van der Waals surface area (Å²) in [4.78, 5) is 25.1. The summed E-state index contributed by atoms with van der Waals surface area (Å²) >= 11 is 12.6. The van der Waals surface area contributed by atoms with Crippen LogP contribution in [0.3, 0.4) is 0 Å². The number of carbonyl (C=O) groups is 1. The lowest BCUT2D eigenvalue weighted by atomic mass is 9.96. The minimum absolute atomic E-state index is 0.0188. The van der Waals surface area contributed by atoms with Crippen LogP contribution < -0.4 is 20.7 Å². The van der Waals surface area contributed by atoms with Gasteiger partial charge in [-0.3, -0.25) is 9.69 Å². The summed E-state index contributed by atoms with van der Waals surface area (Å²) in [6, 6.07) is 13.1. The zero-order chi connectivity index (χ0) is 28.9. The Hall–Kier alpha value is -2.95. The van der Waals surface area contributed by atoms with E-state index in [4.69, 9.17) is 38.7 Å². The van der Waals surface area contributed by atoms with Gasteiger partial charge in [0, 0.05) is 60.7 Å². The maximum Gasteiger partial charge on any atom is 0.220 e. The maximum atomic E-state index is 11.3. The SMILES string of the molecule is CC(=O)NCC1CCN(Cc2cc(Oc3ccc(N4C[C@@H](CN)[C@H](O)C4)nc3)nc(-c3cc(Cl)cc(Cl)c3)c2)CC1. The summed E-state index contributed by atoms with van der Waals surface area (Å²) in [5.41, 5.74) is 8.36. The number of nitrogens with zero attached hydrogens (tertiary/aromatic N) is 4. The van der Waals surface area contributed by atoms with Gasteiger partial charge in [-0.1, -0.05) is 23.2 Å². The number of hydrogen-bond donors (Lipinski definition) is 3. The number of β-amino-alcohol motifs (C(OH)–C–C–N with tert-alkyl or cyclic N) is 1. The van der Waals surface area contributed by atoms with Crippen molar-refractivity contribution in [1.82, 2.24) is 20.2 Å². The predicted molar refractivity (Wildman–Crippen MR) is 161 cm³/mol. The van der Waals surface area contributed by atoms with E-state index in [0.29, 0.717) is 52.9 Å². The first-order chi connectivity index (χ1) is 19.7. The number of aliphatic hydroxyl groups excluding tert-OH is 1. The van der Waals surface area contributed by atoms with Gasteiger partial charge in [0.05, 0.1) is 18.0 Å². The molecule has 11 heteroatoms. The Balaban J connectivity index is 1.33. The molecule has 2 atom stereocenters. The second-order valence-corrected chi connectivity index (χ2v) is 11.8. The van der Waals surface area contributed by atoms with Crippen LogP contribution >= 0.6 is 23.2 Å². The Morgan fingerprint density at radius 2 is 1.88 bits per heavy atom. The number of pyridine rings is 2. The molecule has 0 spiro atoms. The van der Waals surface area contributed by atoms with E-state index in [0.717, 1.165) is 56.0 Å². The van der Waals surface area contributed by atoms with Gasteiger partial charge in [0.25, 0.3) is 0 Å². The zero-order valence-electron chi connectivity index (χ0n) is 23.1. The molecular weight excluding hydrogens is 563 g/mol. The number of likely N-dealkylation sites (tertiary alicyclic amines) is 1. The molecule has 0 saturated carbocycles. The van der Waals surface area contributed by atoms with Crippen molar-refractivity contribution in [2.45, 2.75) is 32.4 Å². The number of rotatable bonds is 9. The third-order valence-corrected chi connectivity index (χ3v) is 8.19. The molecule has 0 radical (unpaired) electrons. The average molecular weight is 600 g/mol. The van der Waals surface area contributed by atoms with Crippen molar-refractivity contribution in [3.63, 3.8) is 0 Å². The summed E-state index contributed by atoms with van der Waals surface area (Å²) in [7, 11) is 0. The second-order valence-electron chi connectivity index (χ2n) is 10.9. The van der Waals surface area contributed by atoms with E-state index in [9.17, 15) is 9.90 Å². The fourth-order valence-corrected chi connectivity index (χ4v) is 5.99. The summed E-state index contributed by atoms with van der Waals surface area (Å²) in [5.74, 6) is 2.33. The molecule has 218 valence electrons. The number of halogens is 2. The van der Waals surface area contributed by atoms with Gasteiger partial charge in [-0.05, 0) is 80.4 Å². The van der Waals surface area contributed by atoms with Crippen molar-refractivity contribution in [2.75, 3.05) is 44.2 Å². The van der Waals surface area contributed by atoms with Crippen LogP contribution in [0.1, 0.15) is 25.3 Å². The van der Waals surface area contributed by atoms with Crippen LogP contribution in [0.2, 0.25) is 10.0 Å². The molecule has 2 fully saturated rings. The smallest absolute Gasteiger partial charge is 0.220 e. The fourth-order valence-electron chi connectivity index (χ4n) is 5.46. The van der Waals surface area contributed by atoms with Crippen LogP contribution in [0.5, 0.6) is 11.6 Å². The first-order valence-electron chi connectivity index (χ1n) is 14.0. The average Bonchev–Trinajstić information content (AvgIpc) is 3.33. The van der Waals surface area contributed by atoms with Crippen molar-refractivity contribution < 1.29 is 14.6 Å². The van der Waals surface area contributed by atoms with Crippen LogP contribution in [0.15, 0.2) is 48.7 Å². The van der Waals surface area contributed by atoms with E-state index < -0.39 is 6.10 Å². The third kappa shape index (κ3) is 7.87. The zero-order valence-corrected chi connectivity index (χ0v) is 24.6. The van der Waals surface area contributed by atoms with Crippen LogP contribution in [-0.4, -0.2) is 71.3 Å². The van der Waals surface area contributed by atoms with Crippen LogP contribution in [0, 0.1) is 11.8 Å². The lowest BCUT2D eigenvalue weighted by molar-refractivity contribution is -0.119. The molecule has 2 aliphatic rings. The number of hydrogen-bond acceptors (Lipinski definition) is 8. The van der Waals surface area contributed by atoms with Gasteiger partial charge in [0.1, 0.15) is 11.6 Å². The number of anilines is 1. The van der Waals surface area contributed by atoms with E-state index in [1.807, 2.05) is 41.3 Å². The Bertz CT molecular complexity index is 1330. The number of aliphatic hydroxyl groups is 1. The third-order valence-electron chi connectivity index (χ3n) is 7.75. The van der Waals surface area contributed by atoms with Gasteiger partial charge in [0.15, 0.2) is 0 Å². The summed E-state index contributed by atoms with van der Waals surface area (Å²) in [5, 5.41) is 14.2. The largest absolute Gasteiger partial charge is 0.437 e. The molecule has 2 aromatic heterocycles. The molecule has 1 amide bonds. The quantitative estimate of drug-likeness (QED) is 0.333. The standard InChI is InChI=1S/C30H36Cl2N6O3/c1-19(39)34-14-20-4-6-37(7-5-20)16-21-8-27(22-10-24(31)12-25(32)11-22)36-30(9-21)41-26-2-3-29(35-15-26)38-17-23(13-33)28(40)18-38/h2-3,8-12,15,20,23,28,40H,4-7,13-14,16-18,33H2,1H3,(H,34,39)/t23-,28-/m1/s1. The minimum atomic E-state index is -0.453. The van der Waals surface area contributed by atoms with E-state index in [-0.39, 0.29) is 11.8 Å². The molecule has 4 N–H and O–H groups in total. The molecule has 5 rings (SSSR count). The number of nitrogens with two attached hydrogens (primary N) is 1. The molecule has 0 unspecified atom stereocenters. The highest BCUT2D eigenvalue weighted by molar-refractivity contribution is 6.35. The number of nitrogens with one attached hydrogen (secondary N) is 1. The van der Waals surface area contributed by atoms with Crippen molar-refractivity contribution in [3.8, 4) is 22.9 Å². The summed E-state index contributed by atoms with van der Waals surface area (Å²) < 4.78 is 6.20. The van der Waals surface area contributed by atoms with Crippen molar-refractivity contribution >= 4 is 34.9 Å². The van der Waals surface area contributed by atoms with Crippen LogP contribution in [-0.2, 0) is 11.3 Å². The van der Waals surface area contributed by atoms with E-state index >= 15 is 0 Å². The molecule has 0 bridgehead atoms. The monoisotopic (exact) mass is 598 g/mol. The first kappa shape index (κ1) is 29.5. The Morgan fingerprint density at radius 1 is 1.12 bits per heavy atom. The number of benzene rings is 1. The number of piperidine rings is 1. The summed E-state index contributed by atoms with van der Waals surface area (Å²) in [6.45, 7) is 6.54. The predicted octanol–water partition coefficient (Wildman–Crippen LogP) is 4.35. The van der Waals surface area contributed by atoms with Crippen molar-refractivity contribution in [2.24, 2.45) is 17.6 Å². The molecule has 2 saturated heterocycles. The molecule has 1 aromatic carbocycles. The van der Waals surface area contributed by atoms with E-state index in [1.165, 1.54) is 0 Å². The molecular formula is C30H36Cl2N6O3. The highest BCUT2D eigenvalue weighted by atomic mass is 35.5. The Kier molecular flexibility index (Phi) is 9.62. The molecule has 9 nitrogen and oxygen atoms in total. The first-order valence-corrected chi connectivity index (χ1v) is 14.7. The highest BCUT2D eigenvalue weighted by Gasteiger charge is 2.31. The maximum absolute atomic E-state index is 11.3. The molecule has 41 heavy (non-hydrogen) atoms. The number of ether oxygens (including phenoxy) is 1. The van der Waals surface area contributed by atoms with Gasteiger partial charge in [-0.25, -0.2) is 9.97 Å². The van der Waals surface area contributed by atoms with Gasteiger partial charge < -0.3 is 25.8 Å². The Labute approximate surface area is 250 Å². The van der Waals surface area contributed by atoms with E-state index in [2.05, 4.69) is 15.2 Å². The topological polar surface area (TPSA) is 117 Å². The van der Waals surface area contributed by atoms with Crippen molar-refractivity contribution in [1.29, 1.82) is 0 Å². The molecule has 0 aliphatic carbocycles.